The monoisotopic (exact) mass is 191 g/mol. The van der Waals surface area contributed by atoms with Crippen LogP contribution in [0.1, 0.15) is 74.7 Å². The average molecular weight is 191 g/mol. The summed E-state index contributed by atoms with van der Waals surface area (Å²) in [5.74, 6) is -2.38. The van der Waals surface area contributed by atoms with Gasteiger partial charge in [0, 0.05) is 16.0 Å². The Morgan fingerprint density at radius 3 is 2.38 bits per heavy atom. The minimum absolute atomic E-state index is 0.145. The third-order valence-electron chi connectivity index (χ3n) is 2.00. The molecule has 13 heavy (non-hydrogen) atoms. The van der Waals surface area contributed by atoms with E-state index < -0.39 is 19.6 Å². The number of carbonyl (C=O) groups excluding carboxylic acids is 1. The van der Waals surface area contributed by atoms with Gasteiger partial charge in [0.2, 0.25) is 0 Å². The van der Waals surface area contributed by atoms with Crippen molar-refractivity contribution < 1.29 is 14.4 Å². The Bertz CT molecular complexity index is 269. The number of carbonyl (C=O) groups is 1. The first kappa shape index (κ1) is 4.95. The lowest BCUT2D eigenvalue weighted by Gasteiger charge is -2.03. The fraction of sp³-hybridized carbons (Fsp3) is 0.917. The van der Waals surface area contributed by atoms with E-state index in [1.165, 1.54) is 0 Å². The predicted octanol–water partition coefficient (Wildman–Crippen LogP) is 3.96. The normalized spacial score (nSPS) is 21.4. The van der Waals surface area contributed by atoms with Crippen LogP contribution in [-0.2, 0) is 4.79 Å². The van der Waals surface area contributed by atoms with Crippen molar-refractivity contribution in [3.63, 3.8) is 0 Å². The molecule has 0 rings (SSSR count). The van der Waals surface area contributed by atoms with Crippen molar-refractivity contribution in [3.05, 3.63) is 0 Å². The van der Waals surface area contributed by atoms with E-state index in [-0.39, 0.29) is 6.42 Å². The van der Waals surface area contributed by atoms with Gasteiger partial charge in [-0.2, -0.15) is 0 Å². The Morgan fingerprint density at radius 1 is 1.15 bits per heavy atom. The minimum atomic E-state index is -2.80. The maximum absolute atomic E-state index is 10.1. The third kappa shape index (κ3) is 11.7. The summed E-state index contributed by atoms with van der Waals surface area (Å²) in [6.07, 6.45) is 6.07. The topological polar surface area (TPSA) is 17.1 Å². The highest BCUT2D eigenvalue weighted by atomic mass is 16.1. The summed E-state index contributed by atoms with van der Waals surface area (Å²) >= 11 is 0. The largest absolute Gasteiger partial charge is 0.303 e. The molecule has 0 unspecified atom stereocenters. The molecule has 0 fully saturated rings. The lowest BCUT2D eigenvalue weighted by Crippen LogP contribution is -1.87. The van der Waals surface area contributed by atoms with Crippen LogP contribution in [-0.4, -0.2) is 6.29 Å². The van der Waals surface area contributed by atoms with Gasteiger partial charge in [-0.15, -0.1) is 0 Å². The smallest absolute Gasteiger partial charge is 0.119 e. The molecule has 0 amide bonds. The van der Waals surface area contributed by atoms with Gasteiger partial charge < -0.3 is 4.79 Å². The first-order valence-electron chi connectivity index (χ1n) is 8.50. The van der Waals surface area contributed by atoms with E-state index in [0.717, 1.165) is 32.0 Å². The zero-order valence-electron chi connectivity index (χ0n) is 15.1. The van der Waals surface area contributed by atoms with E-state index in [2.05, 4.69) is 0 Å². The van der Waals surface area contributed by atoms with Gasteiger partial charge in [0.15, 0.2) is 0 Å². The quantitative estimate of drug-likeness (QED) is 0.398. The van der Waals surface area contributed by atoms with Gasteiger partial charge in [-0.25, -0.2) is 0 Å². The molecule has 0 aromatic heterocycles. The van der Waals surface area contributed by atoms with Crippen LogP contribution in [0.4, 0.5) is 0 Å². The second-order valence-corrected chi connectivity index (χ2v) is 3.31. The molecule has 78 valence electrons. The lowest BCUT2D eigenvalue weighted by molar-refractivity contribution is -0.107. The van der Waals surface area contributed by atoms with Crippen LogP contribution in [0.5, 0.6) is 0 Å². The summed E-state index contributed by atoms with van der Waals surface area (Å²) < 4.78 is 51.6. The zero-order valence-corrected chi connectivity index (χ0v) is 8.14. The van der Waals surface area contributed by atoms with Gasteiger partial charge >= 0.3 is 0 Å². The number of hydrogen-bond donors (Lipinski definition) is 0. The van der Waals surface area contributed by atoms with E-state index in [4.69, 9.17) is 9.60 Å². The summed E-state index contributed by atoms with van der Waals surface area (Å²) in [4.78, 5) is 10.1. The van der Waals surface area contributed by atoms with Crippen LogP contribution in [0.3, 0.4) is 0 Å². The van der Waals surface area contributed by atoms with E-state index in [0.29, 0.717) is 19.3 Å². The molecule has 0 bridgehead atoms. The first-order chi connectivity index (χ1) is 9.06. The van der Waals surface area contributed by atoms with Gasteiger partial charge in [0.25, 0.3) is 0 Å². The van der Waals surface area contributed by atoms with Crippen LogP contribution in [0.2, 0.25) is 0 Å². The molecular formula is C12H24O. The Kier molecular flexibility index (Phi) is 3.71. The van der Waals surface area contributed by atoms with Gasteiger partial charge in [-0.3, -0.25) is 0 Å². The van der Waals surface area contributed by atoms with Crippen molar-refractivity contribution in [2.24, 2.45) is 5.89 Å². The molecule has 0 aliphatic rings. The summed E-state index contributed by atoms with van der Waals surface area (Å²) in [5, 5.41) is 0. The van der Waals surface area contributed by atoms with Crippen LogP contribution < -0.4 is 0 Å². The fourth-order valence-corrected chi connectivity index (χ4v) is 1.24. The Balaban J connectivity index is 4.10. The van der Waals surface area contributed by atoms with E-state index in [1.807, 2.05) is 0 Å². The van der Waals surface area contributed by atoms with Gasteiger partial charge in [0.1, 0.15) is 6.29 Å². The molecule has 0 saturated heterocycles. The molecule has 0 N–H and O–H groups in total. The number of aldehydes is 1. The average Bonchev–Trinajstić information content (AvgIpc) is 2.29. The molecule has 0 atom stereocenters. The fourth-order valence-electron chi connectivity index (χ4n) is 1.24. The van der Waals surface area contributed by atoms with Crippen molar-refractivity contribution in [1.29, 1.82) is 0 Å². The van der Waals surface area contributed by atoms with Crippen LogP contribution in [0, 0.1) is 5.89 Å². The highest BCUT2D eigenvalue weighted by molar-refractivity contribution is 5.48. The van der Waals surface area contributed by atoms with E-state index in [9.17, 15) is 4.79 Å². The number of hydrogen-bond acceptors (Lipinski definition) is 1. The van der Waals surface area contributed by atoms with Gasteiger partial charge in [-0.1, -0.05) is 52.2 Å². The lowest BCUT2D eigenvalue weighted by atomic mass is 10.0. The number of rotatable bonds is 9. The van der Waals surface area contributed by atoms with Crippen LogP contribution >= 0.6 is 0 Å². The molecule has 0 aromatic rings. The molecule has 0 aliphatic heterocycles. The van der Waals surface area contributed by atoms with Gasteiger partial charge in [-0.05, 0) is 12.3 Å². The molecule has 0 aromatic carbocycles. The highest BCUT2D eigenvalue weighted by Gasteiger charge is 1.94. The van der Waals surface area contributed by atoms with E-state index in [1.54, 1.807) is 0 Å². The molecular weight excluding hydrogens is 160 g/mol. The summed E-state index contributed by atoms with van der Waals surface area (Å²) in [7, 11) is 0. The highest BCUT2D eigenvalue weighted by Crippen LogP contribution is 2.11. The molecule has 0 spiro atoms. The van der Waals surface area contributed by atoms with Crippen LogP contribution in [0.25, 0.3) is 0 Å². The SMILES string of the molecule is [2H]C([2H])([2H])C([2H])(CCCCCCCCC=O)C([2H])([2H])[2H]. The molecule has 0 heterocycles. The van der Waals surface area contributed by atoms with Crippen molar-refractivity contribution in [1.82, 2.24) is 0 Å². The van der Waals surface area contributed by atoms with Gasteiger partial charge in [0.05, 0.1) is 0 Å². The first-order valence-corrected chi connectivity index (χ1v) is 5.00. The Hall–Kier alpha value is -0.330. The Labute approximate surface area is 92.7 Å². The predicted molar refractivity (Wildman–Crippen MR) is 57.8 cm³/mol. The molecule has 0 radical (unpaired) electrons. The second kappa shape index (κ2) is 9.76. The molecule has 1 nitrogen and oxygen atoms in total. The summed E-state index contributed by atoms with van der Waals surface area (Å²) in [6, 6.07) is 0. The maximum Gasteiger partial charge on any atom is 0.119 e. The summed E-state index contributed by atoms with van der Waals surface area (Å²) in [5.41, 5.74) is 0. The second-order valence-electron chi connectivity index (χ2n) is 3.31. The van der Waals surface area contributed by atoms with Crippen LogP contribution in [0.15, 0.2) is 0 Å². The third-order valence-corrected chi connectivity index (χ3v) is 2.00. The standard InChI is InChI=1S/C12H24O/c1-12(2)10-8-6-4-3-5-7-9-11-13/h11-12H,3-10H2,1-2H3/i1D3,2D3,12D. The zero-order chi connectivity index (χ0) is 15.9. The molecule has 0 aliphatic carbocycles. The molecule has 0 saturated carbocycles. The minimum Gasteiger partial charge on any atom is -0.303 e. The maximum atomic E-state index is 10.1. The summed E-state index contributed by atoms with van der Waals surface area (Å²) in [6.45, 7) is -5.61. The molecule has 1 heteroatoms. The van der Waals surface area contributed by atoms with E-state index >= 15 is 0 Å². The van der Waals surface area contributed by atoms with Crippen molar-refractivity contribution in [3.8, 4) is 0 Å². The van der Waals surface area contributed by atoms with Crippen molar-refractivity contribution in [2.45, 2.75) is 65.1 Å². The number of unbranched alkanes of at least 4 members (excludes halogenated alkanes) is 6. The van der Waals surface area contributed by atoms with Crippen molar-refractivity contribution >= 4 is 6.29 Å². The Morgan fingerprint density at radius 2 is 1.77 bits per heavy atom. The van der Waals surface area contributed by atoms with Crippen molar-refractivity contribution in [2.75, 3.05) is 0 Å².